The smallest absolute Gasteiger partial charge is 0.306 e. The molecular formula is C24H29N3O3. The first kappa shape index (κ1) is 20.5. The molecule has 3 fully saturated rings. The zero-order valence-electron chi connectivity index (χ0n) is 18.0. The largest absolute Gasteiger partial charge is 0.469 e. The van der Waals surface area contributed by atoms with Crippen LogP contribution in [0.15, 0.2) is 24.3 Å². The van der Waals surface area contributed by atoms with Gasteiger partial charge in [-0.15, -0.1) is 0 Å². The second-order valence-corrected chi connectivity index (χ2v) is 9.07. The van der Waals surface area contributed by atoms with Gasteiger partial charge in [-0.2, -0.15) is 0 Å². The van der Waals surface area contributed by atoms with E-state index in [1.54, 1.807) is 6.92 Å². The molecule has 3 aliphatic rings. The predicted molar refractivity (Wildman–Crippen MR) is 114 cm³/mol. The lowest BCUT2D eigenvalue weighted by Gasteiger charge is -2.53. The molecule has 1 heterocycles. The van der Waals surface area contributed by atoms with E-state index in [9.17, 15) is 9.59 Å². The van der Waals surface area contributed by atoms with Gasteiger partial charge >= 0.3 is 5.97 Å². The number of aromatic nitrogens is 2. The molecule has 5 rings (SSSR count). The van der Waals surface area contributed by atoms with Crippen molar-refractivity contribution in [2.24, 2.45) is 11.1 Å². The van der Waals surface area contributed by atoms with Crippen molar-refractivity contribution in [3.8, 4) is 11.3 Å². The average Bonchev–Trinajstić information content (AvgIpc) is 2.75. The number of nitrogens with zero attached hydrogens (tertiary/aromatic N) is 2. The standard InChI is InChI=1S/C24H29N3O3/c1-15-20(27-21(22(25)29)16(2)26-15)17-4-6-18(7-5-17)24-11-8-23(9-12-24,10-13-24)14-19(28)30-3/h4-7H,8-14H2,1-3H3,(H2,25,29). The number of primary amides is 1. The number of carbonyl (C=O) groups is 2. The Hall–Kier alpha value is -2.76. The van der Waals surface area contributed by atoms with Gasteiger partial charge in [-0.05, 0) is 68.8 Å². The molecule has 6 nitrogen and oxygen atoms in total. The SMILES string of the molecule is COC(=O)CC12CCC(c3ccc(-c4nc(C(N)=O)c(C)nc4C)cc3)(CC1)CC2. The van der Waals surface area contributed by atoms with Gasteiger partial charge in [0.1, 0.15) is 5.69 Å². The van der Waals surface area contributed by atoms with Gasteiger partial charge in [0.05, 0.1) is 30.6 Å². The van der Waals surface area contributed by atoms with Gasteiger partial charge in [0, 0.05) is 5.56 Å². The summed E-state index contributed by atoms with van der Waals surface area (Å²) in [6.45, 7) is 3.65. The van der Waals surface area contributed by atoms with Crippen molar-refractivity contribution >= 4 is 11.9 Å². The lowest BCUT2D eigenvalue weighted by molar-refractivity contribution is -0.145. The number of esters is 1. The van der Waals surface area contributed by atoms with E-state index in [1.807, 2.05) is 6.92 Å². The Morgan fingerprint density at radius 2 is 1.57 bits per heavy atom. The first-order valence-corrected chi connectivity index (χ1v) is 10.6. The fraction of sp³-hybridized carbons (Fsp3) is 0.500. The molecule has 3 aliphatic carbocycles. The molecule has 158 valence electrons. The Balaban J connectivity index is 1.57. The summed E-state index contributed by atoms with van der Waals surface area (Å²) in [5, 5.41) is 0. The number of rotatable bonds is 5. The van der Waals surface area contributed by atoms with E-state index in [-0.39, 0.29) is 22.5 Å². The van der Waals surface area contributed by atoms with Crippen molar-refractivity contribution in [2.45, 2.75) is 64.2 Å². The highest BCUT2D eigenvalue weighted by Gasteiger charge is 2.50. The van der Waals surface area contributed by atoms with Crippen molar-refractivity contribution in [2.75, 3.05) is 7.11 Å². The lowest BCUT2D eigenvalue weighted by Crippen LogP contribution is -2.45. The lowest BCUT2D eigenvalue weighted by atomic mass is 9.51. The highest BCUT2D eigenvalue weighted by molar-refractivity contribution is 5.92. The van der Waals surface area contributed by atoms with Gasteiger partial charge < -0.3 is 10.5 Å². The number of carbonyl (C=O) groups excluding carboxylic acids is 2. The molecular weight excluding hydrogens is 378 g/mol. The monoisotopic (exact) mass is 407 g/mol. The summed E-state index contributed by atoms with van der Waals surface area (Å²) in [6, 6.07) is 8.54. The molecule has 2 N–H and O–H groups in total. The van der Waals surface area contributed by atoms with Crippen LogP contribution in [0.3, 0.4) is 0 Å². The van der Waals surface area contributed by atoms with Crippen LogP contribution < -0.4 is 5.73 Å². The van der Waals surface area contributed by atoms with Crippen LogP contribution in [0.2, 0.25) is 0 Å². The molecule has 0 radical (unpaired) electrons. The van der Waals surface area contributed by atoms with Crippen LogP contribution in [0.1, 0.15) is 72.4 Å². The fourth-order valence-electron chi connectivity index (χ4n) is 5.46. The number of ether oxygens (including phenoxy) is 1. The van der Waals surface area contributed by atoms with Gasteiger partial charge in [0.25, 0.3) is 5.91 Å². The normalized spacial score (nSPS) is 25.2. The fourth-order valence-corrected chi connectivity index (χ4v) is 5.46. The van der Waals surface area contributed by atoms with E-state index in [0.29, 0.717) is 17.8 Å². The summed E-state index contributed by atoms with van der Waals surface area (Å²) in [5.41, 5.74) is 10.3. The van der Waals surface area contributed by atoms with E-state index in [1.165, 1.54) is 12.7 Å². The minimum absolute atomic E-state index is 0.0846. The molecule has 1 amide bonds. The zero-order valence-corrected chi connectivity index (χ0v) is 18.0. The predicted octanol–water partition coefficient (Wildman–Crippen LogP) is 4.01. The van der Waals surface area contributed by atoms with Gasteiger partial charge in [-0.3, -0.25) is 14.6 Å². The molecule has 0 atom stereocenters. The minimum atomic E-state index is -0.559. The van der Waals surface area contributed by atoms with Crippen molar-refractivity contribution in [3.05, 3.63) is 46.9 Å². The summed E-state index contributed by atoms with van der Waals surface area (Å²) in [5.74, 6) is -0.643. The molecule has 2 aromatic rings. The quantitative estimate of drug-likeness (QED) is 0.756. The van der Waals surface area contributed by atoms with E-state index in [0.717, 1.165) is 49.8 Å². The van der Waals surface area contributed by atoms with Gasteiger partial charge in [-0.1, -0.05) is 24.3 Å². The second kappa shape index (κ2) is 7.49. The van der Waals surface area contributed by atoms with Crippen LogP contribution in [0.25, 0.3) is 11.3 Å². The summed E-state index contributed by atoms with van der Waals surface area (Å²) in [7, 11) is 1.48. The number of amides is 1. The number of fused-ring (bicyclic) bond motifs is 3. The van der Waals surface area contributed by atoms with E-state index in [2.05, 4.69) is 34.2 Å². The summed E-state index contributed by atoms with van der Waals surface area (Å²) in [6.07, 6.45) is 7.11. The summed E-state index contributed by atoms with van der Waals surface area (Å²) in [4.78, 5) is 32.5. The van der Waals surface area contributed by atoms with Gasteiger partial charge in [-0.25, -0.2) is 4.98 Å². The van der Waals surface area contributed by atoms with Gasteiger partial charge in [0.2, 0.25) is 0 Å². The molecule has 0 spiro atoms. The Labute approximate surface area is 177 Å². The Morgan fingerprint density at radius 3 is 2.10 bits per heavy atom. The van der Waals surface area contributed by atoms with Crippen molar-refractivity contribution in [1.29, 1.82) is 0 Å². The topological polar surface area (TPSA) is 95.2 Å². The molecule has 2 bridgehead atoms. The molecule has 1 aromatic carbocycles. The maximum absolute atomic E-state index is 11.8. The first-order chi connectivity index (χ1) is 14.3. The summed E-state index contributed by atoms with van der Waals surface area (Å²) < 4.78 is 4.92. The number of hydrogen-bond acceptors (Lipinski definition) is 5. The average molecular weight is 408 g/mol. The van der Waals surface area contributed by atoms with Crippen LogP contribution in [0, 0.1) is 19.3 Å². The number of nitrogens with two attached hydrogens (primary N) is 1. The Kier molecular flexibility index (Phi) is 5.12. The van der Waals surface area contributed by atoms with E-state index >= 15 is 0 Å². The van der Waals surface area contributed by atoms with Crippen LogP contribution >= 0.6 is 0 Å². The van der Waals surface area contributed by atoms with Crippen molar-refractivity contribution in [3.63, 3.8) is 0 Å². The molecule has 0 saturated heterocycles. The number of benzene rings is 1. The molecule has 1 aromatic heterocycles. The third kappa shape index (κ3) is 3.48. The molecule has 30 heavy (non-hydrogen) atoms. The number of methoxy groups -OCH3 is 1. The maximum atomic E-state index is 11.8. The minimum Gasteiger partial charge on any atom is -0.469 e. The van der Waals surface area contributed by atoms with E-state index in [4.69, 9.17) is 10.5 Å². The molecule has 0 unspecified atom stereocenters. The van der Waals surface area contributed by atoms with Crippen LogP contribution in [-0.4, -0.2) is 29.0 Å². The van der Waals surface area contributed by atoms with Crippen LogP contribution in [0.4, 0.5) is 0 Å². The Morgan fingerprint density at radius 1 is 0.967 bits per heavy atom. The maximum Gasteiger partial charge on any atom is 0.306 e. The summed E-state index contributed by atoms with van der Waals surface area (Å²) >= 11 is 0. The zero-order chi connectivity index (χ0) is 21.5. The molecule has 6 heteroatoms. The molecule has 3 saturated carbocycles. The number of hydrogen-bond donors (Lipinski definition) is 1. The number of aryl methyl sites for hydroxylation is 2. The van der Waals surface area contributed by atoms with Crippen molar-refractivity contribution in [1.82, 2.24) is 9.97 Å². The van der Waals surface area contributed by atoms with Crippen LogP contribution in [0.5, 0.6) is 0 Å². The highest BCUT2D eigenvalue weighted by Crippen LogP contribution is 2.59. The molecule has 0 aliphatic heterocycles. The van der Waals surface area contributed by atoms with Gasteiger partial charge in [0.15, 0.2) is 0 Å². The Bertz CT molecular complexity index is 973. The second-order valence-electron chi connectivity index (χ2n) is 9.07. The highest BCUT2D eigenvalue weighted by atomic mass is 16.5. The van der Waals surface area contributed by atoms with Crippen LogP contribution in [-0.2, 0) is 14.9 Å². The first-order valence-electron chi connectivity index (χ1n) is 10.6. The van der Waals surface area contributed by atoms with Crippen molar-refractivity contribution < 1.29 is 14.3 Å². The third-order valence-electron chi connectivity index (χ3n) is 7.40. The third-order valence-corrected chi connectivity index (χ3v) is 7.40. The van der Waals surface area contributed by atoms with E-state index < -0.39 is 5.91 Å².